The van der Waals surface area contributed by atoms with Gasteiger partial charge in [0, 0.05) is 48.1 Å². The van der Waals surface area contributed by atoms with Crippen molar-refractivity contribution >= 4 is 40.2 Å². The van der Waals surface area contributed by atoms with E-state index in [1.807, 2.05) is 18.2 Å². The number of pyridine rings is 1. The van der Waals surface area contributed by atoms with E-state index in [2.05, 4.69) is 21.6 Å². The number of aliphatic carboxylic acids is 1. The number of carbonyl (C=O) groups is 1. The van der Waals surface area contributed by atoms with E-state index in [1.54, 1.807) is 13.3 Å². The summed E-state index contributed by atoms with van der Waals surface area (Å²) in [6.45, 7) is 2.97. The molecule has 1 aliphatic heterocycles. The van der Waals surface area contributed by atoms with Gasteiger partial charge in [-0.25, -0.2) is 0 Å². The summed E-state index contributed by atoms with van der Waals surface area (Å²) in [6.07, 6.45) is 7.29. The third-order valence-electron chi connectivity index (χ3n) is 6.99. The first kappa shape index (κ1) is 24.6. The smallest absolute Gasteiger partial charge is 0.303 e. The van der Waals surface area contributed by atoms with Crippen LogP contribution in [0.15, 0.2) is 24.4 Å². The van der Waals surface area contributed by atoms with Gasteiger partial charge < -0.3 is 20.5 Å². The molecular formula is C25H34ClN3O3S. The van der Waals surface area contributed by atoms with Crippen LogP contribution in [0.1, 0.15) is 50.1 Å². The summed E-state index contributed by atoms with van der Waals surface area (Å²) in [4.78, 5) is 18.4. The molecule has 1 saturated carbocycles. The van der Waals surface area contributed by atoms with Gasteiger partial charge in [0.1, 0.15) is 5.75 Å². The Morgan fingerprint density at radius 2 is 2.18 bits per heavy atom. The van der Waals surface area contributed by atoms with E-state index in [0.29, 0.717) is 10.9 Å². The Labute approximate surface area is 205 Å². The second-order valence-electron chi connectivity index (χ2n) is 9.36. The molecule has 2 aliphatic rings. The lowest BCUT2D eigenvalue weighted by atomic mass is 9.79. The van der Waals surface area contributed by atoms with Crippen molar-refractivity contribution in [3.05, 3.63) is 35.0 Å². The third kappa shape index (κ3) is 6.53. The van der Waals surface area contributed by atoms with Crippen molar-refractivity contribution in [1.82, 2.24) is 9.88 Å². The number of aromatic nitrogens is 1. The van der Waals surface area contributed by atoms with Crippen LogP contribution in [0.25, 0.3) is 10.9 Å². The lowest BCUT2D eigenvalue weighted by molar-refractivity contribution is -0.139. The molecular weight excluding hydrogens is 458 g/mol. The van der Waals surface area contributed by atoms with Crippen LogP contribution in [0.2, 0.25) is 5.02 Å². The Hall–Kier alpha value is -1.54. The van der Waals surface area contributed by atoms with E-state index in [-0.39, 0.29) is 18.4 Å². The molecule has 2 aromatic rings. The van der Waals surface area contributed by atoms with Crippen molar-refractivity contribution in [1.29, 1.82) is 0 Å². The topological polar surface area (TPSA) is 88.7 Å². The maximum absolute atomic E-state index is 11.6. The van der Waals surface area contributed by atoms with E-state index < -0.39 is 5.97 Å². The molecule has 0 spiro atoms. The maximum atomic E-state index is 11.6. The van der Waals surface area contributed by atoms with E-state index in [4.69, 9.17) is 22.1 Å². The fraction of sp³-hybridized carbons (Fsp3) is 0.600. The predicted molar refractivity (Wildman–Crippen MR) is 135 cm³/mol. The first-order valence-corrected chi connectivity index (χ1v) is 13.3. The monoisotopic (exact) mass is 491 g/mol. The number of hydrogen-bond donors (Lipinski definition) is 2. The Morgan fingerprint density at radius 1 is 1.36 bits per heavy atom. The van der Waals surface area contributed by atoms with Gasteiger partial charge in [-0.3, -0.25) is 9.78 Å². The largest absolute Gasteiger partial charge is 0.497 e. The van der Waals surface area contributed by atoms with Gasteiger partial charge in [0.2, 0.25) is 0 Å². The number of carboxylic acid groups (broad SMARTS) is 1. The molecule has 1 saturated heterocycles. The number of piperidine rings is 1. The second kappa shape index (κ2) is 11.3. The van der Waals surface area contributed by atoms with Crippen molar-refractivity contribution in [2.75, 3.05) is 32.5 Å². The summed E-state index contributed by atoms with van der Waals surface area (Å²) in [6, 6.07) is 5.50. The number of likely N-dealkylation sites (tertiary alicyclic amines) is 1. The van der Waals surface area contributed by atoms with Gasteiger partial charge in [-0.1, -0.05) is 11.6 Å². The quantitative estimate of drug-likeness (QED) is 0.458. The summed E-state index contributed by atoms with van der Waals surface area (Å²) in [5.74, 6) is 1.71. The van der Waals surface area contributed by atoms with Crippen LogP contribution in [0.4, 0.5) is 0 Å². The molecule has 33 heavy (non-hydrogen) atoms. The zero-order valence-electron chi connectivity index (χ0n) is 19.2. The lowest BCUT2D eigenvalue weighted by Crippen LogP contribution is -2.42. The van der Waals surface area contributed by atoms with Crippen LogP contribution < -0.4 is 10.5 Å². The van der Waals surface area contributed by atoms with Crippen molar-refractivity contribution in [3.8, 4) is 5.75 Å². The molecule has 0 amide bonds. The number of carboxylic acids is 1. The molecule has 3 atom stereocenters. The van der Waals surface area contributed by atoms with Crippen molar-refractivity contribution in [3.63, 3.8) is 0 Å². The number of halogens is 1. The average Bonchev–Trinajstić information content (AvgIpc) is 3.62. The summed E-state index contributed by atoms with van der Waals surface area (Å²) in [5, 5.41) is 11.9. The van der Waals surface area contributed by atoms with E-state index in [1.165, 1.54) is 12.8 Å². The summed E-state index contributed by atoms with van der Waals surface area (Å²) in [5.41, 5.74) is 8.40. The Bertz CT molecular complexity index is 971. The Balaban J connectivity index is 1.40. The zero-order chi connectivity index (χ0) is 23.4. The van der Waals surface area contributed by atoms with Gasteiger partial charge in [-0.05, 0) is 74.2 Å². The van der Waals surface area contributed by atoms with Gasteiger partial charge >= 0.3 is 5.97 Å². The Morgan fingerprint density at radius 3 is 2.91 bits per heavy atom. The molecule has 4 rings (SSSR count). The number of thioether (sulfide) groups is 1. The molecule has 1 aliphatic carbocycles. The van der Waals surface area contributed by atoms with Gasteiger partial charge in [-0.2, -0.15) is 11.8 Å². The standard InChI is InChI=1S/C25H34ClN3O3S/c1-32-18-3-7-23-20(13-18)25(21(26)14-28-23)22(27)6-2-16-8-9-29(10-11-33-19-4-5-19)15-17(16)12-24(30)31/h3,7,13-14,16-17,19,22H,2,4-6,8-12,15,27H2,1H3,(H,30,31)/t16-,17+,22+/m1/s1. The van der Waals surface area contributed by atoms with Crippen molar-refractivity contribution < 1.29 is 14.6 Å². The van der Waals surface area contributed by atoms with E-state index in [9.17, 15) is 9.90 Å². The molecule has 2 heterocycles. The Kier molecular flexibility index (Phi) is 8.38. The lowest BCUT2D eigenvalue weighted by Gasteiger charge is -2.38. The minimum atomic E-state index is -0.709. The first-order valence-electron chi connectivity index (χ1n) is 11.9. The number of nitrogens with two attached hydrogens (primary N) is 1. The molecule has 8 heteroatoms. The molecule has 2 fully saturated rings. The van der Waals surface area contributed by atoms with Crippen molar-refractivity contribution in [2.45, 2.75) is 49.8 Å². The number of ether oxygens (including phenoxy) is 1. The van der Waals surface area contributed by atoms with Crippen LogP contribution >= 0.6 is 23.4 Å². The molecule has 1 aromatic heterocycles. The second-order valence-corrected chi connectivity index (χ2v) is 11.2. The summed E-state index contributed by atoms with van der Waals surface area (Å²) in [7, 11) is 1.64. The molecule has 180 valence electrons. The number of benzene rings is 1. The van der Waals surface area contributed by atoms with Crippen LogP contribution in [-0.4, -0.2) is 58.7 Å². The average molecular weight is 492 g/mol. The highest BCUT2D eigenvalue weighted by Gasteiger charge is 2.31. The van der Waals surface area contributed by atoms with Crippen LogP contribution in [-0.2, 0) is 4.79 Å². The number of fused-ring (bicyclic) bond motifs is 1. The fourth-order valence-electron chi connectivity index (χ4n) is 4.99. The third-order valence-corrected chi connectivity index (χ3v) is 8.65. The minimum Gasteiger partial charge on any atom is -0.497 e. The number of methoxy groups -OCH3 is 1. The van der Waals surface area contributed by atoms with Crippen LogP contribution in [0.5, 0.6) is 5.75 Å². The summed E-state index contributed by atoms with van der Waals surface area (Å²) < 4.78 is 5.38. The first-order chi connectivity index (χ1) is 15.9. The van der Waals surface area contributed by atoms with Gasteiger partial charge in [0.15, 0.2) is 0 Å². The van der Waals surface area contributed by atoms with Crippen LogP contribution in [0, 0.1) is 11.8 Å². The number of rotatable bonds is 11. The molecule has 0 bridgehead atoms. The molecule has 6 nitrogen and oxygen atoms in total. The van der Waals surface area contributed by atoms with Crippen molar-refractivity contribution in [2.24, 2.45) is 17.6 Å². The SMILES string of the molecule is COc1ccc2ncc(Cl)c([C@@H](N)CC[C@@H]3CCN(CCSC4CC4)C[C@@H]3CC(=O)O)c2c1. The highest BCUT2D eigenvalue weighted by atomic mass is 35.5. The normalized spacial score (nSPS) is 22.4. The highest BCUT2D eigenvalue weighted by Crippen LogP contribution is 2.37. The number of nitrogens with zero attached hydrogens (tertiary/aromatic N) is 2. The minimum absolute atomic E-state index is 0.166. The van der Waals surface area contributed by atoms with Crippen LogP contribution in [0.3, 0.4) is 0 Å². The molecule has 3 N–H and O–H groups in total. The molecule has 1 aromatic carbocycles. The van der Waals surface area contributed by atoms with E-state index in [0.717, 1.165) is 72.1 Å². The van der Waals surface area contributed by atoms with Gasteiger partial charge in [0.25, 0.3) is 0 Å². The highest BCUT2D eigenvalue weighted by molar-refractivity contribution is 8.00. The molecule has 0 unspecified atom stereocenters. The fourth-order valence-corrected chi connectivity index (χ4v) is 6.44. The summed E-state index contributed by atoms with van der Waals surface area (Å²) >= 11 is 8.60. The number of hydrogen-bond acceptors (Lipinski definition) is 6. The van der Waals surface area contributed by atoms with Gasteiger partial charge in [-0.15, -0.1) is 0 Å². The van der Waals surface area contributed by atoms with E-state index >= 15 is 0 Å². The predicted octanol–water partition coefficient (Wildman–Crippen LogP) is 4.99. The maximum Gasteiger partial charge on any atom is 0.303 e. The molecule has 0 radical (unpaired) electrons. The van der Waals surface area contributed by atoms with Gasteiger partial charge in [0.05, 0.1) is 17.6 Å². The zero-order valence-corrected chi connectivity index (χ0v) is 20.8.